The molecule has 2 amide bonds. The van der Waals surface area contributed by atoms with Gasteiger partial charge < -0.3 is 15.4 Å². The first-order chi connectivity index (χ1) is 16.3. The Hall–Kier alpha value is -3.02. The molecule has 1 aliphatic heterocycles. The average molecular weight is 485 g/mol. The number of nitrogens with zero attached hydrogens (tertiary/aromatic N) is 3. The van der Waals surface area contributed by atoms with E-state index in [1.54, 1.807) is 0 Å². The Labute approximate surface area is 194 Å². The third-order valence-electron chi connectivity index (χ3n) is 5.41. The predicted molar refractivity (Wildman–Crippen MR) is 115 cm³/mol. The lowest BCUT2D eigenvalue weighted by Crippen LogP contribution is -2.39. The molecular weight excluding hydrogens is 458 g/mol. The average Bonchev–Trinajstić information content (AvgIpc) is 3.24. The Balaban J connectivity index is 1.77. The number of alkyl halides is 4. The van der Waals surface area contributed by atoms with Gasteiger partial charge in [0, 0.05) is 24.8 Å². The molecule has 1 fully saturated rings. The molecule has 1 aromatic carbocycles. The van der Waals surface area contributed by atoms with E-state index in [2.05, 4.69) is 15.6 Å². The number of rotatable bonds is 10. The lowest BCUT2D eigenvalue weighted by Gasteiger charge is -2.22. The molecular formula is C22H27F4N5O3. The number of benzene rings is 1. The highest BCUT2D eigenvalue weighted by Gasteiger charge is 2.28. The van der Waals surface area contributed by atoms with Gasteiger partial charge >= 0.3 is 6.18 Å². The van der Waals surface area contributed by atoms with E-state index in [1.807, 2.05) is 5.32 Å². The Bertz CT molecular complexity index is 956. The van der Waals surface area contributed by atoms with Crippen molar-refractivity contribution in [3.8, 4) is 5.69 Å². The summed E-state index contributed by atoms with van der Waals surface area (Å²) in [6, 6.07) is 5.75. The highest BCUT2D eigenvalue weighted by molar-refractivity contribution is 5.94. The van der Waals surface area contributed by atoms with E-state index in [-0.39, 0.29) is 23.2 Å². The second-order valence-electron chi connectivity index (χ2n) is 8.00. The monoisotopic (exact) mass is 485 g/mol. The summed E-state index contributed by atoms with van der Waals surface area (Å²) in [6.45, 7) is -0.717. The molecule has 1 aromatic heterocycles. The molecule has 2 N–H and O–H groups in total. The standard InChI is InChI=1S/C22H27F4N5O3/c23-11-3-1-2-4-18-19(21(33)28-16-9-12-34-13-10-16)29-30-31(18)17-7-5-15(6-8-17)20(32)27-14-22(24,25)26/h5-8,16H,1-4,9-14H2,(H,27,32)(H,28,33). The first-order valence-corrected chi connectivity index (χ1v) is 11.1. The van der Waals surface area contributed by atoms with Crippen LogP contribution in [0.3, 0.4) is 0 Å². The number of carbonyl (C=O) groups is 2. The van der Waals surface area contributed by atoms with Gasteiger partial charge in [-0.05, 0) is 56.4 Å². The van der Waals surface area contributed by atoms with Gasteiger partial charge in [-0.15, -0.1) is 5.10 Å². The highest BCUT2D eigenvalue weighted by Crippen LogP contribution is 2.19. The molecule has 0 spiro atoms. The van der Waals surface area contributed by atoms with Crippen LogP contribution in [0.25, 0.3) is 5.69 Å². The van der Waals surface area contributed by atoms with Crippen molar-refractivity contribution in [2.24, 2.45) is 0 Å². The molecule has 0 bridgehead atoms. The number of unbranched alkanes of at least 4 members (excludes halogenated alkanes) is 2. The summed E-state index contributed by atoms with van der Waals surface area (Å²) in [5.41, 5.74) is 1.25. The summed E-state index contributed by atoms with van der Waals surface area (Å²) in [5, 5.41) is 12.9. The van der Waals surface area contributed by atoms with Crippen molar-refractivity contribution in [2.45, 2.75) is 50.7 Å². The van der Waals surface area contributed by atoms with Gasteiger partial charge in [0.2, 0.25) is 0 Å². The predicted octanol–water partition coefficient (Wildman–Crippen LogP) is 3.15. The Morgan fingerprint density at radius 1 is 1.06 bits per heavy atom. The molecule has 2 aromatic rings. The fourth-order valence-electron chi connectivity index (χ4n) is 3.61. The molecule has 2 heterocycles. The summed E-state index contributed by atoms with van der Waals surface area (Å²) in [6.07, 6.45) is -1.03. The van der Waals surface area contributed by atoms with Gasteiger partial charge in [0.05, 0.1) is 18.1 Å². The molecule has 12 heteroatoms. The Kier molecular flexibility index (Phi) is 8.97. The number of aromatic nitrogens is 3. The molecule has 0 aliphatic carbocycles. The van der Waals surface area contributed by atoms with Crippen molar-refractivity contribution >= 4 is 11.8 Å². The highest BCUT2D eigenvalue weighted by atomic mass is 19.4. The van der Waals surface area contributed by atoms with E-state index in [0.29, 0.717) is 63.1 Å². The zero-order valence-corrected chi connectivity index (χ0v) is 18.5. The first-order valence-electron chi connectivity index (χ1n) is 11.1. The van der Waals surface area contributed by atoms with Crippen molar-refractivity contribution in [3.63, 3.8) is 0 Å². The van der Waals surface area contributed by atoms with Crippen LogP contribution in [0.15, 0.2) is 24.3 Å². The van der Waals surface area contributed by atoms with Gasteiger partial charge in [-0.25, -0.2) is 4.68 Å². The molecule has 186 valence electrons. The van der Waals surface area contributed by atoms with Gasteiger partial charge in [-0.2, -0.15) is 13.2 Å². The smallest absolute Gasteiger partial charge is 0.381 e. The maximum Gasteiger partial charge on any atom is 0.405 e. The quantitative estimate of drug-likeness (QED) is 0.398. The number of carbonyl (C=O) groups excluding carboxylic acids is 2. The third-order valence-corrected chi connectivity index (χ3v) is 5.41. The fraction of sp³-hybridized carbons (Fsp3) is 0.545. The number of hydrogen-bond acceptors (Lipinski definition) is 5. The van der Waals surface area contributed by atoms with Crippen LogP contribution >= 0.6 is 0 Å². The summed E-state index contributed by atoms with van der Waals surface area (Å²) in [5.74, 6) is -1.22. The van der Waals surface area contributed by atoms with Crippen LogP contribution in [-0.4, -0.2) is 65.5 Å². The molecule has 3 rings (SSSR count). The second-order valence-corrected chi connectivity index (χ2v) is 8.00. The van der Waals surface area contributed by atoms with E-state index in [4.69, 9.17) is 4.74 Å². The fourth-order valence-corrected chi connectivity index (χ4v) is 3.61. The van der Waals surface area contributed by atoms with Crippen LogP contribution in [0.5, 0.6) is 0 Å². The minimum atomic E-state index is -4.50. The molecule has 1 saturated heterocycles. The first kappa shape index (κ1) is 25.6. The number of nitrogens with one attached hydrogen (secondary N) is 2. The van der Waals surface area contributed by atoms with E-state index < -0.39 is 25.3 Å². The Morgan fingerprint density at radius 3 is 2.41 bits per heavy atom. The maximum atomic E-state index is 12.9. The molecule has 0 atom stereocenters. The van der Waals surface area contributed by atoms with Crippen molar-refractivity contribution in [1.29, 1.82) is 0 Å². The van der Waals surface area contributed by atoms with Gasteiger partial charge in [0.1, 0.15) is 6.54 Å². The van der Waals surface area contributed by atoms with Gasteiger partial charge in [-0.3, -0.25) is 14.0 Å². The second kappa shape index (κ2) is 11.9. The molecule has 34 heavy (non-hydrogen) atoms. The minimum absolute atomic E-state index is 0.0275. The van der Waals surface area contributed by atoms with Crippen LogP contribution in [0.4, 0.5) is 17.6 Å². The molecule has 0 saturated carbocycles. The minimum Gasteiger partial charge on any atom is -0.381 e. The number of amides is 2. The number of hydrogen-bond donors (Lipinski definition) is 2. The van der Waals surface area contributed by atoms with Gasteiger partial charge in [-0.1, -0.05) is 11.6 Å². The summed E-state index contributed by atoms with van der Waals surface area (Å²) < 4.78 is 56.3. The van der Waals surface area contributed by atoms with Crippen molar-refractivity contribution < 1.29 is 31.9 Å². The van der Waals surface area contributed by atoms with Crippen molar-refractivity contribution in [2.75, 3.05) is 26.4 Å². The van der Waals surface area contributed by atoms with Crippen molar-refractivity contribution in [3.05, 3.63) is 41.2 Å². The molecule has 1 aliphatic rings. The van der Waals surface area contributed by atoms with E-state index in [1.165, 1.54) is 28.9 Å². The van der Waals surface area contributed by atoms with Crippen molar-refractivity contribution in [1.82, 2.24) is 25.6 Å². The van der Waals surface area contributed by atoms with Crippen LogP contribution in [0, 0.1) is 0 Å². The zero-order valence-electron chi connectivity index (χ0n) is 18.5. The summed E-state index contributed by atoms with van der Waals surface area (Å²) in [7, 11) is 0. The van der Waals surface area contributed by atoms with E-state index >= 15 is 0 Å². The lowest BCUT2D eigenvalue weighted by atomic mass is 10.1. The third kappa shape index (κ3) is 7.24. The Morgan fingerprint density at radius 2 is 1.76 bits per heavy atom. The van der Waals surface area contributed by atoms with Crippen LogP contribution in [0.2, 0.25) is 0 Å². The van der Waals surface area contributed by atoms with Gasteiger partial charge in [0.25, 0.3) is 11.8 Å². The lowest BCUT2D eigenvalue weighted by molar-refractivity contribution is -0.123. The summed E-state index contributed by atoms with van der Waals surface area (Å²) >= 11 is 0. The summed E-state index contributed by atoms with van der Waals surface area (Å²) in [4.78, 5) is 24.8. The van der Waals surface area contributed by atoms with Crippen LogP contribution in [0.1, 0.15) is 58.6 Å². The molecule has 0 radical (unpaired) electrons. The van der Waals surface area contributed by atoms with Crippen LogP contribution in [-0.2, 0) is 11.2 Å². The number of ether oxygens (including phenoxy) is 1. The molecule has 0 unspecified atom stereocenters. The van der Waals surface area contributed by atoms with E-state index in [9.17, 15) is 27.2 Å². The number of halogens is 4. The largest absolute Gasteiger partial charge is 0.405 e. The van der Waals surface area contributed by atoms with Crippen LogP contribution < -0.4 is 10.6 Å². The maximum absolute atomic E-state index is 12.9. The zero-order chi connectivity index (χ0) is 24.6. The molecule has 8 nitrogen and oxygen atoms in total. The van der Waals surface area contributed by atoms with Gasteiger partial charge in [0.15, 0.2) is 5.69 Å². The van der Waals surface area contributed by atoms with E-state index in [0.717, 1.165) is 0 Å². The SMILES string of the molecule is O=C(NCC(F)(F)F)c1ccc(-n2nnc(C(=O)NC3CCOCC3)c2CCCCCF)cc1. The normalized spacial score (nSPS) is 14.7. The topological polar surface area (TPSA) is 98.1 Å².